The maximum Gasteiger partial charge on any atom is 0.472 e. The van der Waals surface area contributed by atoms with E-state index >= 15 is 0 Å². The summed E-state index contributed by atoms with van der Waals surface area (Å²) in [6, 6.07) is 0. The zero-order chi connectivity index (χ0) is 44.6. The van der Waals surface area contributed by atoms with Crippen molar-refractivity contribution in [1.82, 2.24) is 0 Å². The summed E-state index contributed by atoms with van der Waals surface area (Å²) in [6.07, 6.45) is 37.6. The van der Waals surface area contributed by atoms with Crippen molar-refractivity contribution in [3.63, 3.8) is 0 Å². The molecular weight excluding hydrogens is 814 g/mol. The van der Waals surface area contributed by atoms with Gasteiger partial charge in [-0.1, -0.05) is 126 Å². The van der Waals surface area contributed by atoms with Gasteiger partial charge in [-0.2, -0.15) is 0 Å². The van der Waals surface area contributed by atoms with Crippen molar-refractivity contribution >= 4 is 33.4 Å². The van der Waals surface area contributed by atoms with E-state index in [4.69, 9.17) is 23.8 Å². The molecule has 0 spiro atoms. The minimum atomic E-state index is -4.88. The van der Waals surface area contributed by atoms with Crippen LogP contribution in [0.5, 0.6) is 0 Å². The van der Waals surface area contributed by atoms with Gasteiger partial charge in [0, 0.05) is 19.3 Å². The highest BCUT2D eigenvalue weighted by Crippen LogP contribution is 2.43. The summed E-state index contributed by atoms with van der Waals surface area (Å²) in [7, 11) is -9.71. The van der Waals surface area contributed by atoms with Crippen molar-refractivity contribution < 1.29 is 66.3 Å². The summed E-state index contributed by atoms with van der Waals surface area (Å²) in [5, 5.41) is 9.74. The number of hydrogen-bond donors (Lipinski definition) is 4. The highest BCUT2D eigenvalue weighted by atomic mass is 31.2. The second-order valence-electron chi connectivity index (χ2n) is 14.6. The van der Waals surface area contributed by atoms with E-state index in [0.29, 0.717) is 19.3 Å². The van der Waals surface area contributed by atoms with Crippen LogP contribution in [0, 0.1) is 0 Å². The smallest absolute Gasteiger partial charge is 0.462 e. The van der Waals surface area contributed by atoms with Gasteiger partial charge in [0.25, 0.3) is 0 Å². The van der Waals surface area contributed by atoms with Gasteiger partial charge in [0.1, 0.15) is 12.7 Å². The Hall–Kier alpha value is -2.51. The molecule has 16 heteroatoms. The van der Waals surface area contributed by atoms with Crippen molar-refractivity contribution in [2.75, 3.05) is 26.4 Å². The quantitative estimate of drug-likeness (QED) is 0.0112. The maximum atomic E-state index is 12.7. The molecule has 0 aromatic heterocycles. The molecule has 3 atom stereocenters. The molecule has 0 aliphatic carbocycles. The molecule has 4 N–H and O–H groups in total. The molecule has 1 unspecified atom stereocenters. The van der Waals surface area contributed by atoms with Crippen molar-refractivity contribution in [3.05, 3.63) is 60.8 Å². The number of carbonyl (C=O) groups excluding carboxylic acids is 3. The number of aliphatic hydroxyl groups is 1. The van der Waals surface area contributed by atoms with E-state index in [2.05, 4.69) is 59.4 Å². The molecule has 0 rings (SSSR count). The van der Waals surface area contributed by atoms with Gasteiger partial charge in [0.2, 0.25) is 0 Å². The van der Waals surface area contributed by atoms with Crippen LogP contribution in [-0.4, -0.2) is 76.1 Å². The largest absolute Gasteiger partial charge is 0.472 e. The second-order valence-corrected chi connectivity index (χ2v) is 17.3. The lowest BCUT2D eigenvalue weighted by molar-refractivity contribution is -0.161. The average molecular weight is 891 g/mol. The third-order valence-electron chi connectivity index (χ3n) is 8.85. The van der Waals surface area contributed by atoms with Gasteiger partial charge in [0.05, 0.1) is 19.8 Å². The number of allylic oxidation sites excluding steroid dienone is 10. The fraction of sp³-hybridized carbons (Fsp3) is 0.705. The Bertz CT molecular complexity index is 1350. The Kier molecular flexibility index (Phi) is 37.7. The van der Waals surface area contributed by atoms with E-state index in [1.807, 2.05) is 12.2 Å². The Labute approximate surface area is 359 Å². The summed E-state index contributed by atoms with van der Waals surface area (Å²) >= 11 is 0. The van der Waals surface area contributed by atoms with Gasteiger partial charge in [-0.15, -0.1) is 0 Å². The van der Waals surface area contributed by atoms with Crippen LogP contribution in [0.2, 0.25) is 0 Å². The van der Waals surface area contributed by atoms with E-state index < -0.39 is 66.2 Å². The molecule has 0 aliphatic rings. The fourth-order valence-corrected chi connectivity index (χ4v) is 6.61. The molecule has 0 aromatic rings. The average Bonchev–Trinajstić information content (AvgIpc) is 3.20. The Morgan fingerprint density at radius 2 is 1.02 bits per heavy atom. The number of hydrogen-bond acceptors (Lipinski definition) is 11. The topological polar surface area (TPSA) is 212 Å². The van der Waals surface area contributed by atoms with Crippen LogP contribution in [-0.2, 0) is 46.6 Å². The van der Waals surface area contributed by atoms with E-state index in [-0.39, 0.29) is 18.6 Å². The van der Waals surface area contributed by atoms with Crippen LogP contribution in [0.4, 0.5) is 0 Å². The highest BCUT2D eigenvalue weighted by Gasteiger charge is 2.28. The van der Waals surface area contributed by atoms with Gasteiger partial charge in [-0.3, -0.25) is 28.0 Å². The number of aliphatic hydroxyl groups excluding tert-OH is 1. The number of unbranched alkanes of at least 4 members (excludes halogenated alkanes) is 14. The van der Waals surface area contributed by atoms with Crippen LogP contribution < -0.4 is 0 Å². The molecule has 0 bridgehead atoms. The number of esters is 2. The van der Waals surface area contributed by atoms with Gasteiger partial charge in [0.15, 0.2) is 11.9 Å². The maximum absolute atomic E-state index is 12.7. The van der Waals surface area contributed by atoms with Gasteiger partial charge in [-0.05, 0) is 76.7 Å². The Morgan fingerprint density at radius 3 is 1.63 bits per heavy atom. The molecular formula is C44H76O14P2. The zero-order valence-corrected chi connectivity index (χ0v) is 38.1. The van der Waals surface area contributed by atoms with Crippen LogP contribution in [0.1, 0.15) is 162 Å². The van der Waals surface area contributed by atoms with E-state index in [0.717, 1.165) is 96.3 Å². The third kappa shape index (κ3) is 42.2. The molecule has 0 aromatic carbocycles. The van der Waals surface area contributed by atoms with Gasteiger partial charge in [-0.25, -0.2) is 9.13 Å². The van der Waals surface area contributed by atoms with E-state index in [9.17, 15) is 33.5 Å². The lowest BCUT2D eigenvalue weighted by Crippen LogP contribution is -2.30. The van der Waals surface area contributed by atoms with Crippen LogP contribution in [0.3, 0.4) is 0 Å². The molecule has 0 aliphatic heterocycles. The standard InChI is InChI=1S/C44H76O14P2/c1-3-5-7-8-9-10-11-12-13-14-15-16-17-20-23-26-30-34-43(47)54-38-42(39-57-60(52,53)56-37-41(46)36-55-59(49,50)51)58-44(48)35-31-27-24-21-18-19-22-25-29-33-40(45)32-28-6-4-2/h9-10,12-13,15-16,22,25,29,33,41-42,46H,3-8,11,14,17-21,23-24,26-28,30-32,34-39H2,1-2H3,(H,52,53)(H2,49,50,51)/b10-9-,13-12-,16-15-,25-22-,33-29+/t41-,42+/m0/s1. The molecule has 0 amide bonds. The van der Waals surface area contributed by atoms with Crippen molar-refractivity contribution in [1.29, 1.82) is 0 Å². The number of ether oxygens (including phenoxy) is 2. The lowest BCUT2D eigenvalue weighted by atomic mass is 10.1. The Balaban J connectivity index is 4.63. The number of carbonyl (C=O) groups is 3. The molecule has 14 nitrogen and oxygen atoms in total. The first-order valence-electron chi connectivity index (χ1n) is 21.9. The molecule has 0 saturated heterocycles. The van der Waals surface area contributed by atoms with Crippen molar-refractivity contribution in [2.24, 2.45) is 0 Å². The fourth-order valence-electron chi connectivity index (χ4n) is 5.45. The number of phosphoric acid groups is 2. The first-order chi connectivity index (χ1) is 28.8. The van der Waals surface area contributed by atoms with Crippen molar-refractivity contribution in [2.45, 2.75) is 174 Å². The number of rotatable bonds is 41. The molecule has 0 heterocycles. The van der Waals surface area contributed by atoms with Gasteiger partial charge >= 0.3 is 27.6 Å². The third-order valence-corrected chi connectivity index (χ3v) is 10.3. The molecule has 0 radical (unpaired) electrons. The lowest BCUT2D eigenvalue weighted by Gasteiger charge is -2.20. The molecule has 0 fully saturated rings. The van der Waals surface area contributed by atoms with E-state index in [1.54, 1.807) is 12.2 Å². The summed E-state index contributed by atoms with van der Waals surface area (Å²) < 4.78 is 47.7. The normalized spacial score (nSPS) is 14.5. The molecule has 346 valence electrons. The minimum Gasteiger partial charge on any atom is -0.462 e. The Morgan fingerprint density at radius 1 is 0.533 bits per heavy atom. The summed E-state index contributed by atoms with van der Waals surface area (Å²) in [5.41, 5.74) is 0. The first kappa shape index (κ1) is 57.5. The van der Waals surface area contributed by atoms with Gasteiger partial charge < -0.3 is 29.3 Å². The van der Waals surface area contributed by atoms with E-state index in [1.165, 1.54) is 19.3 Å². The zero-order valence-electron chi connectivity index (χ0n) is 36.3. The van der Waals surface area contributed by atoms with Crippen LogP contribution >= 0.6 is 15.6 Å². The monoisotopic (exact) mass is 890 g/mol. The predicted octanol–water partition coefficient (Wildman–Crippen LogP) is 10.4. The first-order valence-corrected chi connectivity index (χ1v) is 25.0. The van der Waals surface area contributed by atoms with Crippen LogP contribution in [0.25, 0.3) is 0 Å². The van der Waals surface area contributed by atoms with Crippen molar-refractivity contribution in [3.8, 4) is 0 Å². The predicted molar refractivity (Wildman–Crippen MR) is 235 cm³/mol. The highest BCUT2D eigenvalue weighted by molar-refractivity contribution is 7.47. The number of phosphoric ester groups is 2. The SMILES string of the molecule is CCCCC/C=C\C/C=C\C/C=C\CCCCCCC(=O)OC[C@H](COP(=O)(O)OC[C@@H](O)COP(=O)(O)O)OC(=O)CCCCCCC/C=C\C=C\C(=O)CCCCC. The minimum absolute atomic E-state index is 0.0726. The number of ketones is 1. The molecule has 60 heavy (non-hydrogen) atoms. The molecule has 0 saturated carbocycles. The second kappa shape index (κ2) is 39.3. The summed E-state index contributed by atoms with van der Waals surface area (Å²) in [4.78, 5) is 64.4. The summed E-state index contributed by atoms with van der Waals surface area (Å²) in [5.74, 6) is -0.979. The van der Waals surface area contributed by atoms with Crippen LogP contribution in [0.15, 0.2) is 60.8 Å². The summed E-state index contributed by atoms with van der Waals surface area (Å²) in [6.45, 7) is 1.49.